The number of carbonyl (C=O) groups is 1. The van der Waals surface area contributed by atoms with Crippen LogP contribution in [0.4, 0.5) is 0 Å². The molecule has 1 fully saturated rings. The smallest absolute Gasteiger partial charge is 0.254 e. The number of hydrogen-bond donors (Lipinski definition) is 0. The molecule has 1 saturated carbocycles. The molecule has 33 heavy (non-hydrogen) atoms. The van der Waals surface area contributed by atoms with Gasteiger partial charge in [-0.3, -0.25) is 4.79 Å². The second-order valence-corrected chi connectivity index (χ2v) is 11.4. The van der Waals surface area contributed by atoms with Crippen molar-refractivity contribution in [1.82, 2.24) is 14.9 Å². The second kappa shape index (κ2) is 8.71. The third-order valence-electron chi connectivity index (χ3n) is 6.94. The van der Waals surface area contributed by atoms with Gasteiger partial charge in [-0.05, 0) is 42.5 Å². The summed E-state index contributed by atoms with van der Waals surface area (Å²) in [7, 11) is -3.06. The fraction of sp³-hybridized carbons (Fsp3) is 0.346. The van der Waals surface area contributed by atoms with Crippen molar-refractivity contribution in [3.8, 4) is 11.1 Å². The number of benzene rings is 2. The van der Waals surface area contributed by atoms with Crippen LogP contribution < -0.4 is 0 Å². The van der Waals surface area contributed by atoms with Crippen LogP contribution in [0.1, 0.15) is 52.5 Å². The van der Waals surface area contributed by atoms with Crippen LogP contribution in [0.25, 0.3) is 11.1 Å². The van der Waals surface area contributed by atoms with E-state index in [4.69, 9.17) is 0 Å². The summed E-state index contributed by atoms with van der Waals surface area (Å²) < 4.78 is 24.1. The molecule has 2 heterocycles. The van der Waals surface area contributed by atoms with Crippen molar-refractivity contribution in [1.29, 1.82) is 0 Å². The number of carbonyl (C=O) groups excluding carboxylic acids is 1. The predicted molar refractivity (Wildman–Crippen MR) is 128 cm³/mol. The molecule has 170 valence electrons. The molecule has 1 aromatic heterocycles. The van der Waals surface area contributed by atoms with Crippen molar-refractivity contribution in [2.24, 2.45) is 0 Å². The number of sulfone groups is 1. The molecule has 0 radical (unpaired) electrons. The van der Waals surface area contributed by atoms with Crippen LogP contribution in [-0.4, -0.2) is 47.2 Å². The number of hydrogen-bond acceptors (Lipinski definition) is 5. The fourth-order valence-corrected chi connectivity index (χ4v) is 6.23. The lowest BCUT2D eigenvalue weighted by atomic mass is 9.94. The van der Waals surface area contributed by atoms with Crippen molar-refractivity contribution < 1.29 is 13.2 Å². The summed E-state index contributed by atoms with van der Waals surface area (Å²) in [4.78, 5) is 24.2. The third kappa shape index (κ3) is 4.42. The number of amides is 1. The highest BCUT2D eigenvalue weighted by Crippen LogP contribution is 2.39. The summed E-state index contributed by atoms with van der Waals surface area (Å²) in [6, 6.07) is 17.8. The molecular formula is C26H27N3O3S. The molecule has 2 unspecified atom stereocenters. The molecule has 1 amide bonds. The lowest BCUT2D eigenvalue weighted by Gasteiger charge is -2.30. The maximum atomic E-state index is 13.3. The van der Waals surface area contributed by atoms with Crippen molar-refractivity contribution in [3.63, 3.8) is 0 Å². The van der Waals surface area contributed by atoms with E-state index in [2.05, 4.69) is 22.1 Å². The summed E-state index contributed by atoms with van der Waals surface area (Å²) in [5.74, 6) is 0.0946. The van der Waals surface area contributed by atoms with Crippen LogP contribution in [0.15, 0.2) is 60.9 Å². The zero-order valence-corrected chi connectivity index (χ0v) is 19.5. The highest BCUT2D eigenvalue weighted by molar-refractivity contribution is 7.91. The van der Waals surface area contributed by atoms with Crippen molar-refractivity contribution >= 4 is 15.7 Å². The quantitative estimate of drug-likeness (QED) is 0.586. The van der Waals surface area contributed by atoms with E-state index in [1.807, 2.05) is 47.4 Å². The van der Waals surface area contributed by atoms with Gasteiger partial charge in [0.1, 0.15) is 16.2 Å². The van der Waals surface area contributed by atoms with Gasteiger partial charge in [-0.2, -0.15) is 0 Å². The molecular weight excluding hydrogens is 434 g/mol. The van der Waals surface area contributed by atoms with Gasteiger partial charge in [-0.1, -0.05) is 42.5 Å². The minimum atomic E-state index is -3.06. The predicted octanol–water partition coefficient (Wildman–Crippen LogP) is 4.02. The molecule has 0 spiro atoms. The van der Waals surface area contributed by atoms with E-state index in [9.17, 15) is 13.2 Å². The van der Waals surface area contributed by atoms with Gasteiger partial charge >= 0.3 is 0 Å². The standard InChI is InChI=1S/C26H27N3O3S/c1-33(31,32)22-12-11-21(15-22)25-23-16-29(14-13-24(23)27-17-28-25)26(30)20-9-7-19(8-10-20)18-5-3-2-4-6-18/h2-10,17,21-22H,11-16H2,1H3. The molecule has 5 rings (SSSR count). The summed E-state index contributed by atoms with van der Waals surface area (Å²) >= 11 is 0. The van der Waals surface area contributed by atoms with Gasteiger partial charge in [0, 0.05) is 42.8 Å². The van der Waals surface area contributed by atoms with E-state index in [0.717, 1.165) is 34.5 Å². The minimum absolute atomic E-state index is 0.00417. The molecule has 1 aliphatic heterocycles. The Bertz CT molecular complexity index is 1270. The Hall–Kier alpha value is -3.06. The van der Waals surface area contributed by atoms with E-state index >= 15 is 0 Å². The van der Waals surface area contributed by atoms with Crippen molar-refractivity contribution in [3.05, 3.63) is 83.4 Å². The van der Waals surface area contributed by atoms with Gasteiger partial charge in [-0.25, -0.2) is 18.4 Å². The lowest BCUT2D eigenvalue weighted by molar-refractivity contribution is 0.0732. The van der Waals surface area contributed by atoms with Crippen LogP contribution in [0.5, 0.6) is 0 Å². The number of rotatable bonds is 4. The van der Waals surface area contributed by atoms with Gasteiger partial charge in [-0.15, -0.1) is 0 Å². The molecule has 0 N–H and O–H groups in total. The van der Waals surface area contributed by atoms with Crippen LogP contribution in [0.2, 0.25) is 0 Å². The minimum Gasteiger partial charge on any atom is -0.334 e. The summed E-state index contributed by atoms with van der Waals surface area (Å²) in [5, 5.41) is -0.308. The molecule has 1 aliphatic carbocycles. The zero-order valence-electron chi connectivity index (χ0n) is 18.6. The highest BCUT2D eigenvalue weighted by atomic mass is 32.2. The lowest BCUT2D eigenvalue weighted by Crippen LogP contribution is -2.37. The Morgan fingerprint density at radius 1 is 0.970 bits per heavy atom. The van der Waals surface area contributed by atoms with E-state index in [-0.39, 0.29) is 17.1 Å². The molecule has 2 aromatic carbocycles. The van der Waals surface area contributed by atoms with E-state index in [0.29, 0.717) is 37.9 Å². The zero-order chi connectivity index (χ0) is 23.0. The van der Waals surface area contributed by atoms with E-state index < -0.39 is 9.84 Å². The topological polar surface area (TPSA) is 80.2 Å². The van der Waals surface area contributed by atoms with Gasteiger partial charge in [0.2, 0.25) is 0 Å². The molecule has 3 aromatic rings. The van der Waals surface area contributed by atoms with Crippen molar-refractivity contribution in [2.75, 3.05) is 12.8 Å². The van der Waals surface area contributed by atoms with Crippen LogP contribution >= 0.6 is 0 Å². The molecule has 6 nitrogen and oxygen atoms in total. The summed E-state index contributed by atoms with van der Waals surface area (Å²) in [6.45, 7) is 1.07. The average Bonchev–Trinajstić information content (AvgIpc) is 3.34. The Balaban J connectivity index is 1.35. The van der Waals surface area contributed by atoms with Crippen LogP contribution in [0, 0.1) is 0 Å². The van der Waals surface area contributed by atoms with Crippen molar-refractivity contribution in [2.45, 2.75) is 43.4 Å². The van der Waals surface area contributed by atoms with E-state index in [1.165, 1.54) is 6.26 Å². The van der Waals surface area contributed by atoms with Crippen LogP contribution in [-0.2, 0) is 22.8 Å². The Kier molecular flexibility index (Phi) is 5.74. The number of nitrogens with zero attached hydrogens (tertiary/aromatic N) is 3. The first-order valence-electron chi connectivity index (χ1n) is 11.4. The Morgan fingerprint density at radius 2 is 1.70 bits per heavy atom. The molecule has 7 heteroatoms. The van der Waals surface area contributed by atoms with Gasteiger partial charge in [0.05, 0.1) is 16.6 Å². The number of aromatic nitrogens is 2. The molecule has 0 saturated heterocycles. The third-order valence-corrected chi connectivity index (χ3v) is 8.58. The summed E-state index contributed by atoms with van der Waals surface area (Å²) in [6.07, 6.45) is 5.65. The Labute approximate surface area is 194 Å². The van der Waals surface area contributed by atoms with Gasteiger partial charge in [0.25, 0.3) is 5.91 Å². The highest BCUT2D eigenvalue weighted by Gasteiger charge is 2.36. The average molecular weight is 462 g/mol. The molecule has 0 bridgehead atoms. The first kappa shape index (κ1) is 21.8. The first-order chi connectivity index (χ1) is 15.9. The fourth-order valence-electron chi connectivity index (χ4n) is 5.08. The Morgan fingerprint density at radius 3 is 2.39 bits per heavy atom. The largest absolute Gasteiger partial charge is 0.334 e. The second-order valence-electron chi connectivity index (χ2n) is 9.07. The first-order valence-corrected chi connectivity index (χ1v) is 13.3. The SMILES string of the molecule is CS(=O)(=O)C1CCC(c2ncnc3c2CN(C(=O)c2ccc(-c4ccccc4)cc2)CC3)C1. The monoisotopic (exact) mass is 461 g/mol. The number of fused-ring (bicyclic) bond motifs is 1. The van der Waals surface area contributed by atoms with Gasteiger partial charge < -0.3 is 4.90 Å². The van der Waals surface area contributed by atoms with Gasteiger partial charge in [0.15, 0.2) is 0 Å². The molecule has 2 atom stereocenters. The normalized spacial score (nSPS) is 20.5. The maximum Gasteiger partial charge on any atom is 0.254 e. The summed E-state index contributed by atoms with van der Waals surface area (Å²) in [5.41, 5.74) is 5.75. The maximum absolute atomic E-state index is 13.3. The van der Waals surface area contributed by atoms with Crippen LogP contribution in [0.3, 0.4) is 0 Å². The van der Waals surface area contributed by atoms with E-state index in [1.54, 1.807) is 6.33 Å². The molecule has 2 aliphatic rings.